The Morgan fingerprint density at radius 1 is 1.30 bits per heavy atom. The van der Waals surface area contributed by atoms with Crippen LogP contribution in [-0.2, 0) is 11.3 Å². The predicted molar refractivity (Wildman–Crippen MR) is 80.8 cm³/mol. The maximum atomic E-state index is 10.8. The van der Waals surface area contributed by atoms with Gasteiger partial charge in [-0.3, -0.25) is 9.88 Å². The van der Waals surface area contributed by atoms with Gasteiger partial charge in [0.05, 0.1) is 16.2 Å². The summed E-state index contributed by atoms with van der Waals surface area (Å²) in [6.07, 6.45) is 2.98. The van der Waals surface area contributed by atoms with Crippen LogP contribution in [-0.4, -0.2) is 29.3 Å². The molecule has 1 fully saturated rings. The van der Waals surface area contributed by atoms with Crippen molar-refractivity contribution < 1.29 is 4.79 Å². The molecule has 3 nitrogen and oxygen atoms in total. The van der Waals surface area contributed by atoms with Crippen molar-refractivity contribution in [1.29, 1.82) is 0 Å². The molecule has 1 aromatic carbocycles. The van der Waals surface area contributed by atoms with Crippen LogP contribution in [0.5, 0.6) is 0 Å². The second-order valence-corrected chi connectivity index (χ2v) is 5.77. The lowest BCUT2D eigenvalue weighted by atomic mass is 9.98. The lowest BCUT2D eigenvalue weighted by Gasteiger charge is -2.29. The summed E-state index contributed by atoms with van der Waals surface area (Å²) in [7, 11) is 0. The van der Waals surface area contributed by atoms with Crippen molar-refractivity contribution in [3.63, 3.8) is 0 Å². The lowest BCUT2D eigenvalue weighted by Crippen LogP contribution is -2.33. The van der Waals surface area contributed by atoms with Crippen molar-refractivity contribution in [2.24, 2.45) is 5.92 Å². The van der Waals surface area contributed by atoms with Crippen molar-refractivity contribution in [2.75, 3.05) is 13.1 Å². The first kappa shape index (κ1) is 13.5. The van der Waals surface area contributed by atoms with Gasteiger partial charge in [0.1, 0.15) is 6.29 Å². The Hall–Kier alpha value is -1.45. The Balaban J connectivity index is 1.76. The van der Waals surface area contributed by atoms with Crippen molar-refractivity contribution in [1.82, 2.24) is 9.88 Å². The number of likely N-dealkylation sites (tertiary alicyclic amines) is 1. The van der Waals surface area contributed by atoms with E-state index in [4.69, 9.17) is 11.6 Å². The van der Waals surface area contributed by atoms with Gasteiger partial charge in [0.15, 0.2) is 0 Å². The molecule has 0 bridgehead atoms. The number of carbonyl (C=O) groups excluding carboxylic acids is 1. The first-order chi connectivity index (χ1) is 9.76. The molecular formula is C16H17ClN2O. The molecule has 104 valence electrons. The van der Waals surface area contributed by atoms with Gasteiger partial charge in [-0.1, -0.05) is 29.8 Å². The molecule has 1 saturated heterocycles. The van der Waals surface area contributed by atoms with E-state index < -0.39 is 0 Å². The quantitative estimate of drug-likeness (QED) is 0.813. The molecule has 20 heavy (non-hydrogen) atoms. The van der Waals surface area contributed by atoms with Crippen LogP contribution in [0.4, 0.5) is 0 Å². The van der Waals surface area contributed by atoms with Crippen LogP contribution in [0.3, 0.4) is 0 Å². The highest BCUT2D eigenvalue weighted by molar-refractivity contribution is 6.35. The van der Waals surface area contributed by atoms with Gasteiger partial charge in [-0.15, -0.1) is 0 Å². The minimum atomic E-state index is 0.236. The van der Waals surface area contributed by atoms with Gasteiger partial charge in [-0.25, -0.2) is 0 Å². The fourth-order valence-electron chi connectivity index (χ4n) is 2.74. The highest BCUT2D eigenvalue weighted by atomic mass is 35.5. The zero-order valence-corrected chi connectivity index (χ0v) is 12.0. The number of hydrogen-bond donors (Lipinski definition) is 0. The van der Waals surface area contributed by atoms with E-state index in [1.165, 1.54) is 0 Å². The first-order valence-corrected chi connectivity index (χ1v) is 7.36. The van der Waals surface area contributed by atoms with Gasteiger partial charge < -0.3 is 4.79 Å². The molecule has 2 heterocycles. The predicted octanol–water partition coefficient (Wildman–Crippen LogP) is 3.30. The first-order valence-electron chi connectivity index (χ1n) is 6.98. The molecule has 3 rings (SSSR count). The largest absolute Gasteiger partial charge is 0.303 e. The summed E-state index contributed by atoms with van der Waals surface area (Å²) in [5, 5.41) is 1.76. The minimum Gasteiger partial charge on any atom is -0.303 e. The van der Waals surface area contributed by atoms with E-state index in [2.05, 4.69) is 9.88 Å². The zero-order chi connectivity index (χ0) is 13.9. The van der Waals surface area contributed by atoms with E-state index in [1.807, 2.05) is 30.3 Å². The number of rotatable bonds is 3. The van der Waals surface area contributed by atoms with Crippen LogP contribution >= 0.6 is 11.6 Å². The van der Waals surface area contributed by atoms with Crippen LogP contribution in [0.15, 0.2) is 30.3 Å². The SMILES string of the molecule is O=CC1CCN(Cc2cc(Cl)c3ccccc3n2)CC1. The molecule has 4 heteroatoms. The maximum Gasteiger partial charge on any atom is 0.123 e. The molecule has 1 aromatic heterocycles. The molecule has 0 N–H and O–H groups in total. The van der Waals surface area contributed by atoms with E-state index in [0.29, 0.717) is 0 Å². The molecule has 0 unspecified atom stereocenters. The monoisotopic (exact) mass is 288 g/mol. The van der Waals surface area contributed by atoms with Gasteiger partial charge >= 0.3 is 0 Å². The lowest BCUT2D eigenvalue weighted by molar-refractivity contribution is -0.112. The third-order valence-electron chi connectivity index (χ3n) is 3.93. The molecule has 0 aliphatic carbocycles. The second-order valence-electron chi connectivity index (χ2n) is 5.36. The molecule has 2 aromatic rings. The number of halogens is 1. The number of fused-ring (bicyclic) bond motifs is 1. The highest BCUT2D eigenvalue weighted by Crippen LogP contribution is 2.24. The van der Waals surface area contributed by atoms with Crippen LogP contribution in [0, 0.1) is 5.92 Å². The number of benzene rings is 1. The third-order valence-corrected chi connectivity index (χ3v) is 4.24. The number of piperidine rings is 1. The van der Waals surface area contributed by atoms with Gasteiger partial charge in [-0.05, 0) is 38.1 Å². The van der Waals surface area contributed by atoms with Crippen molar-refractivity contribution in [2.45, 2.75) is 19.4 Å². The van der Waals surface area contributed by atoms with E-state index in [-0.39, 0.29) is 5.92 Å². The maximum absolute atomic E-state index is 10.8. The Labute approximate surface area is 123 Å². The van der Waals surface area contributed by atoms with Gasteiger partial charge in [-0.2, -0.15) is 0 Å². The summed E-state index contributed by atoms with van der Waals surface area (Å²) in [6.45, 7) is 2.71. The second kappa shape index (κ2) is 5.90. The van der Waals surface area contributed by atoms with Crippen LogP contribution in [0.2, 0.25) is 5.02 Å². The van der Waals surface area contributed by atoms with E-state index in [1.54, 1.807) is 0 Å². The smallest absolute Gasteiger partial charge is 0.123 e. The van der Waals surface area contributed by atoms with Crippen LogP contribution < -0.4 is 0 Å². The number of hydrogen-bond acceptors (Lipinski definition) is 3. The number of aromatic nitrogens is 1. The van der Waals surface area contributed by atoms with Gasteiger partial charge in [0, 0.05) is 17.8 Å². The van der Waals surface area contributed by atoms with E-state index >= 15 is 0 Å². The van der Waals surface area contributed by atoms with Gasteiger partial charge in [0.2, 0.25) is 0 Å². The number of para-hydroxylation sites is 1. The molecule has 1 aliphatic rings. The fraction of sp³-hybridized carbons (Fsp3) is 0.375. The average molecular weight is 289 g/mol. The summed E-state index contributed by atoms with van der Waals surface area (Å²) in [5.41, 5.74) is 1.94. The van der Waals surface area contributed by atoms with Crippen molar-refractivity contribution in [3.8, 4) is 0 Å². The molecule has 0 atom stereocenters. The normalized spacial score (nSPS) is 17.4. The average Bonchev–Trinajstić information content (AvgIpc) is 2.48. The molecule has 0 radical (unpaired) electrons. The summed E-state index contributed by atoms with van der Waals surface area (Å²) in [5.74, 6) is 0.236. The molecule has 0 amide bonds. The Bertz CT molecular complexity index is 621. The Morgan fingerprint density at radius 2 is 2.05 bits per heavy atom. The van der Waals surface area contributed by atoms with Crippen molar-refractivity contribution in [3.05, 3.63) is 41.0 Å². The number of pyridine rings is 1. The van der Waals surface area contributed by atoms with Crippen LogP contribution in [0.1, 0.15) is 18.5 Å². The van der Waals surface area contributed by atoms with E-state index in [0.717, 1.165) is 60.4 Å². The molecule has 0 spiro atoms. The summed E-state index contributed by atoms with van der Waals surface area (Å²) in [4.78, 5) is 17.8. The standard InChI is InChI=1S/C16H17ClN2O/c17-15-9-13(18-16-4-2-1-3-14(15)16)10-19-7-5-12(11-20)6-8-19/h1-4,9,11-12H,5-8,10H2. The summed E-state index contributed by atoms with van der Waals surface area (Å²) < 4.78 is 0. The van der Waals surface area contributed by atoms with Gasteiger partial charge in [0.25, 0.3) is 0 Å². The Morgan fingerprint density at radius 3 is 2.80 bits per heavy atom. The number of aldehydes is 1. The van der Waals surface area contributed by atoms with E-state index in [9.17, 15) is 4.79 Å². The molecule has 1 aliphatic heterocycles. The third kappa shape index (κ3) is 2.84. The fourth-order valence-corrected chi connectivity index (χ4v) is 3.03. The molecular weight excluding hydrogens is 272 g/mol. The summed E-state index contributed by atoms with van der Waals surface area (Å²) >= 11 is 6.32. The Kier molecular flexibility index (Phi) is 3.99. The van der Waals surface area contributed by atoms with Crippen LogP contribution in [0.25, 0.3) is 10.9 Å². The highest BCUT2D eigenvalue weighted by Gasteiger charge is 2.19. The zero-order valence-electron chi connectivity index (χ0n) is 11.3. The van der Waals surface area contributed by atoms with Crippen molar-refractivity contribution >= 4 is 28.8 Å². The minimum absolute atomic E-state index is 0.236. The number of carbonyl (C=O) groups is 1. The summed E-state index contributed by atoms with van der Waals surface area (Å²) in [6, 6.07) is 9.88. The molecule has 0 saturated carbocycles. The topological polar surface area (TPSA) is 33.2 Å². The number of nitrogens with zero attached hydrogens (tertiary/aromatic N) is 2.